The van der Waals surface area contributed by atoms with Gasteiger partial charge >= 0.3 is 0 Å². The molecule has 0 unspecified atom stereocenters. The molecule has 19 heavy (non-hydrogen) atoms. The second kappa shape index (κ2) is 6.06. The molecule has 0 aliphatic rings. The number of rotatable bonds is 5. The first-order valence-corrected chi connectivity index (χ1v) is 8.88. The zero-order valence-corrected chi connectivity index (χ0v) is 13.8. The number of hydrogen-bond donors (Lipinski definition) is 0. The maximum Gasteiger partial charge on any atom is 0.274 e. The van der Waals surface area contributed by atoms with E-state index in [4.69, 9.17) is 0 Å². The van der Waals surface area contributed by atoms with E-state index in [9.17, 15) is 8.42 Å². The van der Waals surface area contributed by atoms with E-state index in [1.807, 2.05) is 12.1 Å². The van der Waals surface area contributed by atoms with Crippen LogP contribution in [0.2, 0.25) is 0 Å². The fourth-order valence-electron chi connectivity index (χ4n) is 1.59. The predicted octanol–water partition coefficient (Wildman–Crippen LogP) is 3.73. The van der Waals surface area contributed by atoms with Crippen LogP contribution in [0.5, 0.6) is 0 Å². The van der Waals surface area contributed by atoms with Gasteiger partial charge in [-0.1, -0.05) is 12.1 Å². The number of thiophene rings is 1. The van der Waals surface area contributed by atoms with E-state index in [1.54, 1.807) is 35.7 Å². The second-order valence-corrected chi connectivity index (χ2v) is 8.02. The predicted molar refractivity (Wildman–Crippen MR) is 88.2 cm³/mol. The van der Waals surface area contributed by atoms with Gasteiger partial charge in [-0.15, -0.1) is 17.9 Å². The molecule has 6 heteroatoms. The third-order valence-electron chi connectivity index (χ3n) is 2.45. The van der Waals surface area contributed by atoms with Gasteiger partial charge in [-0.05, 0) is 58.3 Å². The molecule has 3 nitrogen and oxygen atoms in total. The van der Waals surface area contributed by atoms with Crippen LogP contribution in [0.15, 0.2) is 58.6 Å². The first-order chi connectivity index (χ1) is 9.05. The Hall–Kier alpha value is -0.860. The molecule has 1 heterocycles. The summed E-state index contributed by atoms with van der Waals surface area (Å²) < 4.78 is 27.9. The van der Waals surface area contributed by atoms with Crippen molar-refractivity contribution in [2.24, 2.45) is 0 Å². The lowest BCUT2D eigenvalue weighted by molar-refractivity contribution is 0.595. The smallest absolute Gasteiger partial charge is 0.262 e. The average molecular weight is 405 g/mol. The highest BCUT2D eigenvalue weighted by Gasteiger charge is 2.24. The SMILES string of the molecule is C=CCN(c1ccc(I)cc1)S(=O)(=O)c1cccs1. The molecule has 0 aliphatic carbocycles. The quantitative estimate of drug-likeness (QED) is 0.562. The number of hydrogen-bond acceptors (Lipinski definition) is 3. The van der Waals surface area contributed by atoms with Crippen molar-refractivity contribution >= 4 is 49.6 Å². The fraction of sp³-hybridized carbons (Fsp3) is 0.0769. The maximum absolute atomic E-state index is 12.6. The largest absolute Gasteiger partial charge is 0.274 e. The molecule has 0 spiro atoms. The van der Waals surface area contributed by atoms with Gasteiger partial charge in [0.25, 0.3) is 10.0 Å². The van der Waals surface area contributed by atoms with Gasteiger partial charge in [0.2, 0.25) is 0 Å². The van der Waals surface area contributed by atoms with Crippen molar-refractivity contribution < 1.29 is 8.42 Å². The summed E-state index contributed by atoms with van der Waals surface area (Å²) in [5, 5.41) is 1.76. The standard InChI is InChI=1S/C13H12INO2S2/c1-2-9-15(12-7-5-11(14)6-8-12)19(16,17)13-4-3-10-18-13/h2-8,10H,1,9H2. The highest BCUT2D eigenvalue weighted by molar-refractivity contribution is 14.1. The Kier molecular flexibility index (Phi) is 4.64. The molecule has 0 N–H and O–H groups in total. The molecule has 2 aromatic rings. The molecule has 1 aromatic carbocycles. The molecule has 0 saturated carbocycles. The van der Waals surface area contributed by atoms with E-state index in [2.05, 4.69) is 29.2 Å². The lowest BCUT2D eigenvalue weighted by atomic mass is 10.3. The normalized spacial score (nSPS) is 11.2. The van der Waals surface area contributed by atoms with Crippen LogP contribution in [0, 0.1) is 3.57 Å². The molecule has 1 aromatic heterocycles. The number of halogens is 1. The Bertz CT molecular complexity index is 648. The van der Waals surface area contributed by atoms with E-state index in [-0.39, 0.29) is 6.54 Å². The maximum atomic E-state index is 12.6. The van der Waals surface area contributed by atoms with Crippen molar-refractivity contribution in [1.29, 1.82) is 0 Å². The lowest BCUT2D eigenvalue weighted by Crippen LogP contribution is -2.30. The molecule has 2 rings (SSSR count). The van der Waals surface area contributed by atoms with Gasteiger partial charge < -0.3 is 0 Å². The number of sulfonamides is 1. The zero-order valence-electron chi connectivity index (χ0n) is 9.99. The molecular weight excluding hydrogens is 393 g/mol. The monoisotopic (exact) mass is 405 g/mol. The van der Waals surface area contributed by atoms with Gasteiger partial charge in [0, 0.05) is 3.57 Å². The van der Waals surface area contributed by atoms with Gasteiger partial charge in [-0.2, -0.15) is 0 Å². The van der Waals surface area contributed by atoms with Gasteiger partial charge in [-0.3, -0.25) is 4.31 Å². The van der Waals surface area contributed by atoms with Crippen LogP contribution in [-0.2, 0) is 10.0 Å². The Balaban J connectivity index is 2.46. The first-order valence-electron chi connectivity index (χ1n) is 5.48. The average Bonchev–Trinajstić information content (AvgIpc) is 2.92. The van der Waals surface area contributed by atoms with Crippen LogP contribution < -0.4 is 4.31 Å². The Morgan fingerprint density at radius 1 is 1.26 bits per heavy atom. The lowest BCUT2D eigenvalue weighted by Gasteiger charge is -2.22. The Labute approximate surface area is 130 Å². The minimum absolute atomic E-state index is 0.251. The van der Waals surface area contributed by atoms with Crippen molar-refractivity contribution in [3.63, 3.8) is 0 Å². The van der Waals surface area contributed by atoms with Crippen LogP contribution in [0.4, 0.5) is 5.69 Å². The summed E-state index contributed by atoms with van der Waals surface area (Å²) in [5.41, 5.74) is 0.647. The molecule has 0 radical (unpaired) electrons. The van der Waals surface area contributed by atoms with Crippen molar-refractivity contribution in [1.82, 2.24) is 0 Å². The Morgan fingerprint density at radius 2 is 1.95 bits per heavy atom. The number of anilines is 1. The summed E-state index contributed by atoms with van der Waals surface area (Å²) in [7, 11) is -3.51. The van der Waals surface area contributed by atoms with E-state index in [0.29, 0.717) is 9.90 Å². The highest BCUT2D eigenvalue weighted by atomic mass is 127. The molecule has 0 saturated heterocycles. The minimum Gasteiger partial charge on any atom is -0.262 e. The summed E-state index contributed by atoms with van der Waals surface area (Å²) in [6, 6.07) is 10.7. The minimum atomic E-state index is -3.51. The summed E-state index contributed by atoms with van der Waals surface area (Å²) in [5.74, 6) is 0. The van der Waals surface area contributed by atoms with Gasteiger partial charge in [-0.25, -0.2) is 8.42 Å². The molecule has 0 fully saturated rings. The highest BCUT2D eigenvalue weighted by Crippen LogP contribution is 2.26. The molecule has 0 bridgehead atoms. The molecule has 100 valence electrons. The van der Waals surface area contributed by atoms with Gasteiger partial charge in [0.15, 0.2) is 0 Å². The number of benzene rings is 1. The first kappa shape index (κ1) is 14.5. The van der Waals surface area contributed by atoms with Gasteiger partial charge in [0.1, 0.15) is 4.21 Å². The summed E-state index contributed by atoms with van der Waals surface area (Å²) in [4.78, 5) is 0. The molecule has 0 aliphatic heterocycles. The van der Waals surface area contributed by atoms with Crippen molar-refractivity contribution in [3.05, 3.63) is 58.0 Å². The van der Waals surface area contributed by atoms with E-state index < -0.39 is 10.0 Å². The molecule has 0 atom stereocenters. The van der Waals surface area contributed by atoms with Crippen LogP contribution in [-0.4, -0.2) is 15.0 Å². The van der Waals surface area contributed by atoms with Crippen LogP contribution in [0.1, 0.15) is 0 Å². The van der Waals surface area contributed by atoms with Crippen LogP contribution in [0.25, 0.3) is 0 Å². The third kappa shape index (κ3) is 3.18. The van der Waals surface area contributed by atoms with E-state index in [1.165, 1.54) is 15.6 Å². The van der Waals surface area contributed by atoms with E-state index >= 15 is 0 Å². The second-order valence-electron chi connectivity index (χ2n) is 3.73. The van der Waals surface area contributed by atoms with Gasteiger partial charge in [0.05, 0.1) is 12.2 Å². The van der Waals surface area contributed by atoms with Crippen LogP contribution in [0.3, 0.4) is 0 Å². The number of nitrogens with zero attached hydrogens (tertiary/aromatic N) is 1. The zero-order chi connectivity index (χ0) is 13.9. The molecule has 0 amide bonds. The summed E-state index contributed by atoms with van der Waals surface area (Å²) in [6.07, 6.45) is 1.59. The van der Waals surface area contributed by atoms with Crippen molar-refractivity contribution in [2.75, 3.05) is 10.8 Å². The summed E-state index contributed by atoms with van der Waals surface area (Å²) in [6.45, 7) is 3.89. The van der Waals surface area contributed by atoms with Crippen LogP contribution >= 0.6 is 33.9 Å². The summed E-state index contributed by atoms with van der Waals surface area (Å²) >= 11 is 3.40. The van der Waals surface area contributed by atoms with Crippen molar-refractivity contribution in [2.45, 2.75) is 4.21 Å². The van der Waals surface area contributed by atoms with E-state index in [0.717, 1.165) is 3.57 Å². The molecular formula is C13H12INO2S2. The van der Waals surface area contributed by atoms with Crippen molar-refractivity contribution in [3.8, 4) is 0 Å². The third-order valence-corrected chi connectivity index (χ3v) is 6.34. The fourth-order valence-corrected chi connectivity index (χ4v) is 4.49. The topological polar surface area (TPSA) is 37.4 Å². The Morgan fingerprint density at radius 3 is 2.47 bits per heavy atom.